The van der Waals surface area contributed by atoms with Gasteiger partial charge in [0, 0.05) is 24.9 Å². The normalized spacial score (nSPS) is 19.6. The summed E-state index contributed by atoms with van der Waals surface area (Å²) in [7, 11) is 0. The molecule has 2 N–H and O–H groups in total. The molecular formula is C22H26F3N5O. The molecule has 0 radical (unpaired) electrons. The van der Waals surface area contributed by atoms with E-state index < -0.39 is 17.3 Å². The van der Waals surface area contributed by atoms with Gasteiger partial charge in [0.15, 0.2) is 0 Å². The first-order chi connectivity index (χ1) is 14.6. The second-order valence-corrected chi connectivity index (χ2v) is 8.54. The number of hydrogen-bond acceptors (Lipinski definition) is 6. The highest BCUT2D eigenvalue weighted by atomic mass is 19.4. The summed E-state index contributed by atoms with van der Waals surface area (Å²) in [5.74, 6) is 0.995. The van der Waals surface area contributed by atoms with Crippen molar-refractivity contribution in [1.82, 2.24) is 15.0 Å². The molecule has 0 unspecified atom stereocenters. The zero-order chi connectivity index (χ0) is 22.6. The van der Waals surface area contributed by atoms with Gasteiger partial charge in [0.25, 0.3) is 0 Å². The Morgan fingerprint density at radius 2 is 1.87 bits per heavy atom. The molecule has 166 valence electrons. The number of nitrogens with zero attached hydrogens (tertiary/aromatic N) is 4. The quantitative estimate of drug-likeness (QED) is 0.706. The molecule has 9 heteroatoms. The van der Waals surface area contributed by atoms with Gasteiger partial charge >= 0.3 is 6.18 Å². The molecule has 0 bridgehead atoms. The van der Waals surface area contributed by atoms with Gasteiger partial charge in [-0.05, 0) is 63.5 Å². The topological polar surface area (TPSA) is 94.7 Å². The zero-order valence-corrected chi connectivity index (χ0v) is 17.6. The van der Waals surface area contributed by atoms with Gasteiger partial charge in [-0.15, -0.1) is 0 Å². The van der Waals surface area contributed by atoms with Crippen molar-refractivity contribution in [3.63, 3.8) is 0 Å². The van der Waals surface area contributed by atoms with Crippen LogP contribution < -0.4 is 5.32 Å². The number of aryl methyl sites for hydroxylation is 2. The summed E-state index contributed by atoms with van der Waals surface area (Å²) in [6.45, 7) is 3.64. The molecule has 1 fully saturated rings. The first-order valence-corrected chi connectivity index (χ1v) is 10.3. The lowest BCUT2D eigenvalue weighted by atomic mass is 9.77. The molecule has 0 aliphatic heterocycles. The van der Waals surface area contributed by atoms with E-state index in [1.165, 1.54) is 12.4 Å². The van der Waals surface area contributed by atoms with E-state index in [1.807, 2.05) is 13.8 Å². The highest BCUT2D eigenvalue weighted by molar-refractivity contribution is 5.51. The zero-order valence-electron chi connectivity index (χ0n) is 17.6. The minimum atomic E-state index is -4.45. The average molecular weight is 433 g/mol. The van der Waals surface area contributed by atoms with Crippen LogP contribution in [0.1, 0.15) is 62.0 Å². The maximum Gasteiger partial charge on any atom is 0.416 e. The molecule has 1 aliphatic rings. The maximum absolute atomic E-state index is 13.2. The summed E-state index contributed by atoms with van der Waals surface area (Å²) in [6.07, 6.45) is 2.98. The Kier molecular flexibility index (Phi) is 6.80. The van der Waals surface area contributed by atoms with Gasteiger partial charge in [-0.1, -0.05) is 0 Å². The van der Waals surface area contributed by atoms with E-state index in [9.17, 15) is 23.5 Å². The van der Waals surface area contributed by atoms with Crippen molar-refractivity contribution < 1.29 is 18.3 Å². The number of pyridine rings is 1. The molecule has 6 nitrogen and oxygen atoms in total. The summed E-state index contributed by atoms with van der Waals surface area (Å²) in [4.78, 5) is 12.4. The molecular weight excluding hydrogens is 407 g/mol. The van der Waals surface area contributed by atoms with Crippen molar-refractivity contribution >= 4 is 5.82 Å². The molecule has 0 aromatic carbocycles. The third-order valence-electron chi connectivity index (χ3n) is 5.85. The van der Waals surface area contributed by atoms with Gasteiger partial charge in [-0.2, -0.15) is 18.4 Å². The van der Waals surface area contributed by atoms with Crippen LogP contribution in [-0.2, 0) is 19.0 Å². The van der Waals surface area contributed by atoms with Crippen LogP contribution in [0, 0.1) is 17.2 Å². The van der Waals surface area contributed by atoms with E-state index in [4.69, 9.17) is 0 Å². The van der Waals surface area contributed by atoms with Crippen molar-refractivity contribution in [2.45, 2.75) is 70.2 Å². The second kappa shape index (κ2) is 9.18. The van der Waals surface area contributed by atoms with Crippen molar-refractivity contribution in [3.8, 4) is 6.07 Å². The summed E-state index contributed by atoms with van der Waals surface area (Å²) in [5, 5.41) is 22.9. The third-order valence-corrected chi connectivity index (χ3v) is 5.85. The van der Waals surface area contributed by atoms with Crippen molar-refractivity contribution in [1.29, 1.82) is 5.26 Å². The van der Waals surface area contributed by atoms with E-state index in [2.05, 4.69) is 26.3 Å². The Morgan fingerprint density at radius 3 is 2.48 bits per heavy atom. The third kappa shape index (κ3) is 5.91. The predicted octanol–water partition coefficient (Wildman–Crippen LogP) is 4.29. The highest BCUT2D eigenvalue weighted by Crippen LogP contribution is 2.34. The van der Waals surface area contributed by atoms with Gasteiger partial charge in [-0.25, -0.2) is 9.97 Å². The molecule has 3 rings (SSSR count). The molecule has 2 heterocycles. The van der Waals surface area contributed by atoms with E-state index in [-0.39, 0.29) is 30.4 Å². The van der Waals surface area contributed by atoms with Crippen LogP contribution in [-0.4, -0.2) is 31.7 Å². The fraction of sp³-hybridized carbons (Fsp3) is 0.545. The SMILES string of the molecule is CC(C)(O)C1CCC(Nc2nc(CCc3cnccc3C(F)(F)F)ncc2C#N)CC1. The first-order valence-electron chi connectivity index (χ1n) is 10.3. The van der Waals surface area contributed by atoms with Gasteiger partial charge in [0.05, 0.1) is 17.4 Å². The molecule has 0 amide bonds. The van der Waals surface area contributed by atoms with E-state index in [0.717, 1.165) is 37.9 Å². The van der Waals surface area contributed by atoms with Gasteiger partial charge in [-0.3, -0.25) is 4.98 Å². The van der Waals surface area contributed by atoms with Crippen LogP contribution >= 0.6 is 0 Å². The van der Waals surface area contributed by atoms with Gasteiger partial charge in [0.2, 0.25) is 0 Å². The maximum atomic E-state index is 13.2. The number of alkyl halides is 3. The molecule has 1 saturated carbocycles. The Bertz CT molecular complexity index is 941. The van der Waals surface area contributed by atoms with Crippen LogP contribution in [0.15, 0.2) is 24.7 Å². The van der Waals surface area contributed by atoms with Crippen LogP contribution in [0.5, 0.6) is 0 Å². The smallest absolute Gasteiger partial charge is 0.390 e. The molecule has 0 saturated heterocycles. The molecule has 2 aromatic heterocycles. The lowest BCUT2D eigenvalue weighted by Crippen LogP contribution is -2.37. The highest BCUT2D eigenvalue weighted by Gasteiger charge is 2.33. The minimum absolute atomic E-state index is 0.0856. The molecule has 2 aromatic rings. The fourth-order valence-corrected chi connectivity index (χ4v) is 4.02. The van der Waals surface area contributed by atoms with Crippen LogP contribution in [0.3, 0.4) is 0 Å². The average Bonchev–Trinajstić information content (AvgIpc) is 2.72. The van der Waals surface area contributed by atoms with Crippen molar-refractivity contribution in [2.24, 2.45) is 5.92 Å². The van der Waals surface area contributed by atoms with E-state index in [1.54, 1.807) is 0 Å². The van der Waals surface area contributed by atoms with Crippen molar-refractivity contribution in [2.75, 3.05) is 5.32 Å². The molecule has 0 atom stereocenters. The predicted molar refractivity (Wildman–Crippen MR) is 109 cm³/mol. The Balaban J connectivity index is 1.69. The lowest BCUT2D eigenvalue weighted by molar-refractivity contribution is -0.138. The standard InChI is InChI=1S/C22H26F3N5O/c1-21(2,31)16-4-6-17(7-5-16)29-20-15(11-26)13-28-19(30-20)8-3-14-12-27-10-9-18(14)22(23,24)25/h9-10,12-13,16-17,31H,3-8H2,1-2H3,(H,28,29,30). The fourth-order valence-electron chi connectivity index (χ4n) is 4.02. The number of aromatic nitrogens is 3. The van der Waals surface area contributed by atoms with Crippen LogP contribution in [0.25, 0.3) is 0 Å². The first kappa shape index (κ1) is 22.9. The summed E-state index contributed by atoms with van der Waals surface area (Å²) in [5.41, 5.74) is -1.04. The summed E-state index contributed by atoms with van der Waals surface area (Å²) in [6, 6.07) is 3.14. The summed E-state index contributed by atoms with van der Waals surface area (Å²) >= 11 is 0. The van der Waals surface area contributed by atoms with Crippen LogP contribution in [0.4, 0.5) is 19.0 Å². The molecule has 0 spiro atoms. The number of nitriles is 1. The second-order valence-electron chi connectivity index (χ2n) is 8.54. The summed E-state index contributed by atoms with van der Waals surface area (Å²) < 4.78 is 39.5. The van der Waals surface area contributed by atoms with Gasteiger partial charge in [0.1, 0.15) is 23.3 Å². The van der Waals surface area contributed by atoms with E-state index in [0.29, 0.717) is 17.2 Å². The minimum Gasteiger partial charge on any atom is -0.390 e. The Morgan fingerprint density at radius 1 is 1.16 bits per heavy atom. The largest absolute Gasteiger partial charge is 0.416 e. The monoisotopic (exact) mass is 433 g/mol. The number of rotatable bonds is 6. The number of anilines is 1. The number of aliphatic hydroxyl groups is 1. The van der Waals surface area contributed by atoms with Crippen LogP contribution in [0.2, 0.25) is 0 Å². The molecule has 1 aliphatic carbocycles. The number of nitrogens with one attached hydrogen (secondary N) is 1. The van der Waals surface area contributed by atoms with Gasteiger partial charge < -0.3 is 10.4 Å². The Hall–Kier alpha value is -2.73. The molecule has 31 heavy (non-hydrogen) atoms. The van der Waals surface area contributed by atoms with Crippen molar-refractivity contribution in [3.05, 3.63) is 47.2 Å². The van der Waals surface area contributed by atoms with E-state index >= 15 is 0 Å². The number of halogens is 3. The number of hydrogen-bond donors (Lipinski definition) is 2. The Labute approximate surface area is 179 Å². The lowest BCUT2D eigenvalue weighted by Gasteiger charge is -2.36.